The Morgan fingerprint density at radius 3 is 2.60 bits per heavy atom. The number of allylic oxidation sites excluding steroid dienone is 1. The van der Waals surface area contributed by atoms with Crippen LogP contribution in [0, 0.1) is 11.3 Å². The third kappa shape index (κ3) is 4.42. The standard InChI is InChI=1S/C18H10BrCl2N3S/c19-13-2-4-14(5-3-13)23-9-12(8-22)18-24-17(10-25-18)11-1-6-15(20)16(21)7-11/h1-7,9-10,23H/b12-9+. The number of rotatable bonds is 4. The molecule has 3 aromatic rings. The predicted octanol–water partition coefficient (Wildman–Crippen LogP) is 6.86. The highest BCUT2D eigenvalue weighted by Crippen LogP contribution is 2.30. The molecule has 0 aliphatic rings. The molecule has 0 saturated carbocycles. The second kappa shape index (κ2) is 8.03. The van der Waals surface area contributed by atoms with Crippen LogP contribution < -0.4 is 5.32 Å². The maximum atomic E-state index is 9.42. The third-order valence-corrected chi connectivity index (χ3v) is 5.44. The van der Waals surface area contributed by atoms with E-state index in [-0.39, 0.29) is 0 Å². The first-order valence-electron chi connectivity index (χ1n) is 7.10. The van der Waals surface area contributed by atoms with Crippen molar-refractivity contribution in [3.05, 3.63) is 73.6 Å². The fourth-order valence-corrected chi connectivity index (χ4v) is 3.39. The topological polar surface area (TPSA) is 48.7 Å². The fourth-order valence-electron chi connectivity index (χ4n) is 2.03. The van der Waals surface area contributed by atoms with Gasteiger partial charge in [-0.1, -0.05) is 45.2 Å². The molecule has 1 aromatic heterocycles. The Balaban J connectivity index is 1.83. The lowest BCUT2D eigenvalue weighted by Gasteiger charge is -2.01. The van der Waals surface area contributed by atoms with Crippen molar-refractivity contribution in [2.24, 2.45) is 0 Å². The molecule has 3 rings (SSSR count). The summed E-state index contributed by atoms with van der Waals surface area (Å²) < 4.78 is 0.994. The maximum absolute atomic E-state index is 9.42. The number of nitrogens with zero attached hydrogens (tertiary/aromatic N) is 2. The van der Waals surface area contributed by atoms with Crippen molar-refractivity contribution < 1.29 is 0 Å². The van der Waals surface area contributed by atoms with Gasteiger partial charge in [-0.05, 0) is 36.4 Å². The van der Waals surface area contributed by atoms with Crippen LogP contribution >= 0.6 is 50.5 Å². The van der Waals surface area contributed by atoms with Gasteiger partial charge in [-0.15, -0.1) is 11.3 Å². The molecule has 1 N–H and O–H groups in total. The SMILES string of the molecule is N#C/C(=C\Nc1ccc(Br)cc1)c1nc(-c2ccc(Cl)c(Cl)c2)cs1. The Kier molecular flexibility index (Phi) is 5.77. The molecule has 25 heavy (non-hydrogen) atoms. The molecule has 3 nitrogen and oxygen atoms in total. The van der Waals surface area contributed by atoms with Crippen LogP contribution in [0.25, 0.3) is 16.8 Å². The molecule has 0 saturated heterocycles. The molecule has 7 heteroatoms. The molecule has 0 bridgehead atoms. The summed E-state index contributed by atoms with van der Waals surface area (Å²) in [5.41, 5.74) is 2.95. The minimum Gasteiger partial charge on any atom is -0.360 e. The van der Waals surface area contributed by atoms with Crippen molar-refractivity contribution in [3.63, 3.8) is 0 Å². The van der Waals surface area contributed by atoms with E-state index in [1.54, 1.807) is 18.3 Å². The third-order valence-electron chi connectivity index (χ3n) is 3.30. The van der Waals surface area contributed by atoms with Crippen molar-refractivity contribution in [2.45, 2.75) is 0 Å². The van der Waals surface area contributed by atoms with Gasteiger partial charge in [-0.25, -0.2) is 4.98 Å². The van der Waals surface area contributed by atoms with Gasteiger partial charge in [0, 0.05) is 27.3 Å². The van der Waals surface area contributed by atoms with Crippen LogP contribution in [0.2, 0.25) is 10.0 Å². The molecule has 0 atom stereocenters. The van der Waals surface area contributed by atoms with Crippen molar-refractivity contribution in [2.75, 3.05) is 5.32 Å². The highest BCUT2D eigenvalue weighted by molar-refractivity contribution is 9.10. The van der Waals surface area contributed by atoms with Crippen molar-refractivity contribution in [3.8, 4) is 17.3 Å². The molecular weight excluding hydrogens is 441 g/mol. The van der Waals surface area contributed by atoms with Crippen LogP contribution in [0.5, 0.6) is 0 Å². The fraction of sp³-hybridized carbons (Fsp3) is 0. The van der Waals surface area contributed by atoms with Gasteiger partial charge in [0.1, 0.15) is 16.6 Å². The van der Waals surface area contributed by atoms with Gasteiger partial charge < -0.3 is 5.32 Å². The molecule has 0 unspecified atom stereocenters. The number of halogens is 3. The largest absolute Gasteiger partial charge is 0.360 e. The highest BCUT2D eigenvalue weighted by Gasteiger charge is 2.10. The number of anilines is 1. The first-order chi connectivity index (χ1) is 12.1. The highest BCUT2D eigenvalue weighted by atomic mass is 79.9. The molecule has 0 fully saturated rings. The summed E-state index contributed by atoms with van der Waals surface area (Å²) in [4.78, 5) is 4.53. The van der Waals surface area contributed by atoms with E-state index in [0.29, 0.717) is 20.6 Å². The molecule has 0 aliphatic heterocycles. The molecule has 0 spiro atoms. The summed E-state index contributed by atoms with van der Waals surface area (Å²) in [6, 6.07) is 15.2. The summed E-state index contributed by atoms with van der Waals surface area (Å²) in [6.45, 7) is 0. The minimum absolute atomic E-state index is 0.458. The average molecular weight is 451 g/mol. The average Bonchev–Trinajstić information content (AvgIpc) is 3.09. The zero-order chi connectivity index (χ0) is 17.8. The number of hydrogen-bond acceptors (Lipinski definition) is 4. The van der Waals surface area contributed by atoms with Crippen molar-refractivity contribution >= 4 is 61.7 Å². The predicted molar refractivity (Wildman–Crippen MR) is 109 cm³/mol. The number of hydrogen-bond donors (Lipinski definition) is 1. The number of thiazole rings is 1. The minimum atomic E-state index is 0.458. The second-order valence-electron chi connectivity index (χ2n) is 4.99. The monoisotopic (exact) mass is 449 g/mol. The van der Waals surface area contributed by atoms with Crippen LogP contribution in [0.4, 0.5) is 5.69 Å². The summed E-state index contributed by atoms with van der Waals surface area (Å²) in [5, 5.41) is 16.0. The van der Waals surface area contributed by atoms with E-state index in [0.717, 1.165) is 21.4 Å². The van der Waals surface area contributed by atoms with Gasteiger partial charge in [0.25, 0.3) is 0 Å². The van der Waals surface area contributed by atoms with Crippen LogP contribution in [0.1, 0.15) is 5.01 Å². The maximum Gasteiger partial charge on any atom is 0.136 e. The van der Waals surface area contributed by atoms with Crippen LogP contribution in [-0.2, 0) is 0 Å². The van der Waals surface area contributed by atoms with E-state index in [2.05, 4.69) is 32.3 Å². The van der Waals surface area contributed by atoms with Gasteiger partial charge in [-0.3, -0.25) is 0 Å². The molecule has 124 valence electrons. The molecule has 2 aromatic carbocycles. The van der Waals surface area contributed by atoms with Crippen LogP contribution in [0.3, 0.4) is 0 Å². The Hall–Kier alpha value is -1.84. The zero-order valence-corrected chi connectivity index (χ0v) is 16.5. The summed E-state index contributed by atoms with van der Waals surface area (Å²) in [7, 11) is 0. The molecule has 0 radical (unpaired) electrons. The zero-order valence-electron chi connectivity index (χ0n) is 12.6. The second-order valence-corrected chi connectivity index (χ2v) is 7.58. The smallest absolute Gasteiger partial charge is 0.136 e. The van der Waals surface area contributed by atoms with E-state index < -0.39 is 0 Å². The lowest BCUT2D eigenvalue weighted by Crippen LogP contribution is -1.90. The first kappa shape index (κ1) is 18.0. The Morgan fingerprint density at radius 2 is 1.92 bits per heavy atom. The van der Waals surface area contributed by atoms with Crippen molar-refractivity contribution in [1.82, 2.24) is 4.98 Å². The van der Waals surface area contributed by atoms with Gasteiger partial charge in [-0.2, -0.15) is 5.26 Å². The lowest BCUT2D eigenvalue weighted by molar-refractivity contribution is 1.36. The van der Waals surface area contributed by atoms with Crippen LogP contribution in [0.15, 0.2) is 58.5 Å². The molecule has 0 amide bonds. The summed E-state index contributed by atoms with van der Waals surface area (Å²) in [5.74, 6) is 0. The quantitative estimate of drug-likeness (QED) is 0.441. The Bertz CT molecular complexity index is 975. The number of nitriles is 1. The van der Waals surface area contributed by atoms with E-state index in [9.17, 15) is 5.26 Å². The first-order valence-corrected chi connectivity index (χ1v) is 9.53. The van der Waals surface area contributed by atoms with E-state index in [1.165, 1.54) is 11.3 Å². The Labute approximate surface area is 167 Å². The summed E-state index contributed by atoms with van der Waals surface area (Å²) >= 11 is 16.8. The van der Waals surface area contributed by atoms with Gasteiger partial charge in [0.2, 0.25) is 0 Å². The number of aromatic nitrogens is 1. The normalized spacial score (nSPS) is 11.2. The van der Waals surface area contributed by atoms with Crippen LogP contribution in [-0.4, -0.2) is 4.98 Å². The van der Waals surface area contributed by atoms with Crippen molar-refractivity contribution in [1.29, 1.82) is 5.26 Å². The van der Waals surface area contributed by atoms with E-state index >= 15 is 0 Å². The number of nitrogens with one attached hydrogen (secondary N) is 1. The molecule has 1 heterocycles. The summed E-state index contributed by atoms with van der Waals surface area (Å²) in [6.07, 6.45) is 1.65. The molecular formula is C18H10BrCl2N3S. The van der Waals surface area contributed by atoms with Gasteiger partial charge in [0.05, 0.1) is 15.7 Å². The lowest BCUT2D eigenvalue weighted by atomic mass is 10.2. The van der Waals surface area contributed by atoms with Gasteiger partial charge >= 0.3 is 0 Å². The number of benzene rings is 2. The van der Waals surface area contributed by atoms with E-state index in [1.807, 2.05) is 35.7 Å². The van der Waals surface area contributed by atoms with Gasteiger partial charge in [0.15, 0.2) is 0 Å². The van der Waals surface area contributed by atoms with E-state index in [4.69, 9.17) is 23.2 Å². The molecule has 0 aliphatic carbocycles. The Morgan fingerprint density at radius 1 is 1.16 bits per heavy atom.